The summed E-state index contributed by atoms with van der Waals surface area (Å²) in [5, 5.41) is 0. The van der Waals surface area contributed by atoms with Crippen LogP contribution in [0.25, 0.3) is 0 Å². The molecular formula is C11H13NO5S. The van der Waals surface area contributed by atoms with E-state index in [1.807, 2.05) is 0 Å². The van der Waals surface area contributed by atoms with Crippen molar-refractivity contribution in [3.05, 3.63) is 29.8 Å². The van der Waals surface area contributed by atoms with Crippen LogP contribution in [-0.2, 0) is 19.6 Å². The average molecular weight is 271 g/mol. The van der Waals surface area contributed by atoms with Gasteiger partial charge in [0.1, 0.15) is 0 Å². The zero-order valence-electron chi connectivity index (χ0n) is 9.97. The van der Waals surface area contributed by atoms with Crippen LogP contribution >= 0.6 is 0 Å². The number of benzene rings is 1. The zero-order valence-corrected chi connectivity index (χ0v) is 10.8. The lowest BCUT2D eigenvalue weighted by Crippen LogP contribution is -2.18. The van der Waals surface area contributed by atoms with E-state index in [-0.39, 0.29) is 17.9 Å². The summed E-state index contributed by atoms with van der Waals surface area (Å²) in [4.78, 5) is 22.8. The van der Waals surface area contributed by atoms with Gasteiger partial charge in [0.15, 0.2) is 0 Å². The number of ketones is 1. The molecule has 0 fully saturated rings. The third-order valence-corrected chi connectivity index (χ3v) is 2.50. The van der Waals surface area contributed by atoms with Gasteiger partial charge in [0, 0.05) is 11.3 Å². The first-order chi connectivity index (χ1) is 8.33. The van der Waals surface area contributed by atoms with Gasteiger partial charge in [-0.2, -0.15) is 0 Å². The molecule has 0 heterocycles. The topological polar surface area (TPSA) is 89.5 Å². The van der Waals surface area contributed by atoms with Crippen LogP contribution in [0.15, 0.2) is 24.3 Å². The lowest BCUT2D eigenvalue weighted by atomic mass is 10.1. The van der Waals surface area contributed by atoms with Gasteiger partial charge < -0.3 is 4.74 Å². The monoisotopic (exact) mass is 271 g/mol. The molecular weight excluding hydrogens is 258 g/mol. The number of carbonyl (C=O) groups is 2. The van der Waals surface area contributed by atoms with Gasteiger partial charge >= 0.3 is 5.97 Å². The third-order valence-electron chi connectivity index (χ3n) is 1.89. The predicted molar refractivity (Wildman–Crippen MR) is 65.9 cm³/mol. The molecule has 1 aromatic rings. The fraction of sp³-hybridized carbons (Fsp3) is 0.273. The third kappa shape index (κ3) is 4.17. The Morgan fingerprint density at radius 1 is 1.33 bits per heavy atom. The van der Waals surface area contributed by atoms with Gasteiger partial charge in [-0.25, -0.2) is 13.2 Å². The Morgan fingerprint density at radius 2 is 2.00 bits per heavy atom. The molecule has 0 amide bonds. The van der Waals surface area contributed by atoms with Crippen LogP contribution in [0, 0.1) is 0 Å². The summed E-state index contributed by atoms with van der Waals surface area (Å²) in [7, 11) is -3.43. The van der Waals surface area contributed by atoms with Gasteiger partial charge in [-0.1, -0.05) is 12.1 Å². The summed E-state index contributed by atoms with van der Waals surface area (Å²) >= 11 is 0. The maximum absolute atomic E-state index is 11.6. The van der Waals surface area contributed by atoms with Gasteiger partial charge in [-0.05, 0) is 19.1 Å². The number of anilines is 1. The largest absolute Gasteiger partial charge is 0.460 e. The highest BCUT2D eigenvalue weighted by Crippen LogP contribution is 2.12. The number of esters is 1. The molecule has 0 aromatic heterocycles. The number of Topliss-reactive ketones (excluding diaryl/α,β-unsaturated/α-hetero) is 1. The van der Waals surface area contributed by atoms with Crippen LogP contribution < -0.4 is 4.72 Å². The summed E-state index contributed by atoms with van der Waals surface area (Å²) < 4.78 is 28.8. The second kappa shape index (κ2) is 5.63. The molecule has 0 aliphatic rings. The lowest BCUT2D eigenvalue weighted by Gasteiger charge is -2.05. The van der Waals surface area contributed by atoms with Crippen LogP contribution in [0.5, 0.6) is 0 Å². The van der Waals surface area contributed by atoms with E-state index >= 15 is 0 Å². The molecule has 18 heavy (non-hydrogen) atoms. The van der Waals surface area contributed by atoms with E-state index in [1.54, 1.807) is 6.92 Å². The Labute approximate surface area is 105 Å². The number of hydrogen-bond acceptors (Lipinski definition) is 5. The highest BCUT2D eigenvalue weighted by molar-refractivity contribution is 7.92. The van der Waals surface area contributed by atoms with Crippen molar-refractivity contribution in [3.8, 4) is 0 Å². The summed E-state index contributed by atoms with van der Waals surface area (Å²) in [5.74, 6) is -1.77. The smallest absolute Gasteiger partial charge is 0.379 e. The molecule has 98 valence electrons. The van der Waals surface area contributed by atoms with Crippen LogP contribution in [0.2, 0.25) is 0 Å². The minimum atomic E-state index is -3.43. The van der Waals surface area contributed by atoms with Gasteiger partial charge in [0.2, 0.25) is 10.0 Å². The standard InChI is InChI=1S/C11H13NO5S/c1-3-17-11(14)10(13)8-5-4-6-9(7-8)12-18(2,15)16/h4-7,12H,3H2,1-2H3. The van der Waals surface area contributed by atoms with Gasteiger partial charge in [-0.3, -0.25) is 9.52 Å². The molecule has 1 aromatic carbocycles. The van der Waals surface area contributed by atoms with Crippen molar-refractivity contribution in [1.29, 1.82) is 0 Å². The number of rotatable bonds is 5. The maximum Gasteiger partial charge on any atom is 0.379 e. The first kappa shape index (κ1) is 14.2. The molecule has 0 atom stereocenters. The minimum absolute atomic E-state index is 0.0714. The highest BCUT2D eigenvalue weighted by Gasteiger charge is 2.17. The Kier molecular flexibility index (Phi) is 4.43. The second-order valence-electron chi connectivity index (χ2n) is 3.50. The van der Waals surface area contributed by atoms with Crippen molar-refractivity contribution < 1.29 is 22.7 Å². The van der Waals surface area contributed by atoms with Crippen LogP contribution in [0.4, 0.5) is 5.69 Å². The van der Waals surface area contributed by atoms with E-state index in [0.717, 1.165) is 6.26 Å². The maximum atomic E-state index is 11.6. The van der Waals surface area contributed by atoms with Gasteiger partial charge in [-0.15, -0.1) is 0 Å². The van der Waals surface area contributed by atoms with Gasteiger partial charge in [0.05, 0.1) is 12.9 Å². The Hall–Kier alpha value is -1.89. The Bertz CT molecular complexity index is 565. The number of ether oxygens (including phenoxy) is 1. The number of sulfonamides is 1. The second-order valence-corrected chi connectivity index (χ2v) is 5.25. The van der Waals surface area contributed by atoms with Crippen molar-refractivity contribution in [3.63, 3.8) is 0 Å². The van der Waals surface area contributed by atoms with E-state index in [2.05, 4.69) is 9.46 Å². The quantitative estimate of drug-likeness (QED) is 0.486. The summed E-state index contributed by atoms with van der Waals surface area (Å²) in [5.41, 5.74) is 0.287. The molecule has 0 spiro atoms. The van der Waals surface area contributed by atoms with E-state index in [9.17, 15) is 18.0 Å². The summed E-state index contributed by atoms with van der Waals surface area (Å²) in [6.45, 7) is 1.69. The molecule has 1 N–H and O–H groups in total. The normalized spacial score (nSPS) is 10.8. The molecule has 0 unspecified atom stereocenters. The molecule has 1 rings (SSSR count). The van der Waals surface area contributed by atoms with Crippen molar-refractivity contribution in [2.24, 2.45) is 0 Å². The van der Waals surface area contributed by atoms with Crippen molar-refractivity contribution in [2.75, 3.05) is 17.6 Å². The molecule has 0 saturated carbocycles. The van der Waals surface area contributed by atoms with Crippen molar-refractivity contribution >= 4 is 27.5 Å². The van der Waals surface area contributed by atoms with Crippen LogP contribution in [-0.4, -0.2) is 33.0 Å². The SMILES string of the molecule is CCOC(=O)C(=O)c1cccc(NS(C)(=O)=O)c1. The Morgan fingerprint density at radius 3 is 2.56 bits per heavy atom. The summed E-state index contributed by atoms with van der Waals surface area (Å²) in [6, 6.07) is 5.63. The number of nitrogens with one attached hydrogen (secondary N) is 1. The molecule has 0 aliphatic carbocycles. The van der Waals surface area contributed by atoms with E-state index in [0.29, 0.717) is 0 Å². The molecule has 0 radical (unpaired) electrons. The Balaban J connectivity index is 2.95. The van der Waals surface area contributed by atoms with E-state index < -0.39 is 21.8 Å². The molecule has 6 nitrogen and oxygen atoms in total. The first-order valence-electron chi connectivity index (χ1n) is 5.13. The number of hydrogen-bond donors (Lipinski definition) is 1. The zero-order chi connectivity index (χ0) is 13.8. The number of carbonyl (C=O) groups excluding carboxylic acids is 2. The van der Waals surface area contributed by atoms with Crippen molar-refractivity contribution in [1.82, 2.24) is 0 Å². The minimum Gasteiger partial charge on any atom is -0.460 e. The van der Waals surface area contributed by atoms with Crippen LogP contribution in [0.1, 0.15) is 17.3 Å². The fourth-order valence-corrected chi connectivity index (χ4v) is 1.81. The van der Waals surface area contributed by atoms with Crippen LogP contribution in [0.3, 0.4) is 0 Å². The predicted octanol–water partition coefficient (Wildman–Crippen LogP) is 0.804. The van der Waals surface area contributed by atoms with E-state index in [4.69, 9.17) is 0 Å². The first-order valence-corrected chi connectivity index (χ1v) is 7.02. The van der Waals surface area contributed by atoms with Gasteiger partial charge in [0.25, 0.3) is 5.78 Å². The molecule has 0 saturated heterocycles. The van der Waals surface area contributed by atoms with E-state index in [1.165, 1.54) is 24.3 Å². The van der Waals surface area contributed by atoms with Crippen molar-refractivity contribution in [2.45, 2.75) is 6.92 Å². The molecule has 0 bridgehead atoms. The summed E-state index contributed by atoms with van der Waals surface area (Å²) in [6.07, 6.45) is 0.993. The lowest BCUT2D eigenvalue weighted by molar-refractivity contribution is -0.137. The average Bonchev–Trinajstić information content (AvgIpc) is 2.26. The molecule has 7 heteroatoms. The molecule has 0 aliphatic heterocycles. The highest BCUT2D eigenvalue weighted by atomic mass is 32.2. The fourth-order valence-electron chi connectivity index (χ4n) is 1.25.